The van der Waals surface area contributed by atoms with Crippen LogP contribution < -0.4 is 10.6 Å². The standard InChI is InChI=1S/C23H21ClFN5O3/c24-16-2-4-17(5-3-16)27-23(33)29-14-15(8-11-31)12-21(29)22(32)28-20-7-6-18(13-19(20)25)30-10-1-9-26-30/h1-7,9-11,13,15,21H,8,12,14H2,(H,27,33)(H,28,32)/t15-,21-/m1/s1. The number of benzene rings is 2. The van der Waals surface area contributed by atoms with Crippen LogP contribution in [-0.2, 0) is 9.59 Å². The molecule has 0 saturated carbocycles. The van der Waals surface area contributed by atoms with Gasteiger partial charge in [-0.2, -0.15) is 5.10 Å². The van der Waals surface area contributed by atoms with Crippen molar-refractivity contribution in [1.82, 2.24) is 14.7 Å². The van der Waals surface area contributed by atoms with Gasteiger partial charge in [0, 0.05) is 42.1 Å². The van der Waals surface area contributed by atoms with Crippen molar-refractivity contribution in [2.24, 2.45) is 5.92 Å². The first-order valence-corrected chi connectivity index (χ1v) is 10.7. The zero-order valence-corrected chi connectivity index (χ0v) is 18.2. The number of rotatable bonds is 6. The van der Waals surface area contributed by atoms with Gasteiger partial charge >= 0.3 is 6.03 Å². The number of amides is 3. The summed E-state index contributed by atoms with van der Waals surface area (Å²) in [7, 11) is 0. The number of hydrogen-bond acceptors (Lipinski definition) is 4. The Hall–Kier alpha value is -3.72. The Morgan fingerprint density at radius 3 is 2.64 bits per heavy atom. The van der Waals surface area contributed by atoms with Crippen molar-refractivity contribution < 1.29 is 18.8 Å². The van der Waals surface area contributed by atoms with Gasteiger partial charge < -0.3 is 20.3 Å². The van der Waals surface area contributed by atoms with Crippen molar-refractivity contribution in [3.63, 3.8) is 0 Å². The number of anilines is 2. The second-order valence-corrected chi connectivity index (χ2v) is 8.15. The monoisotopic (exact) mass is 469 g/mol. The van der Waals surface area contributed by atoms with Crippen molar-refractivity contribution >= 4 is 41.2 Å². The van der Waals surface area contributed by atoms with Gasteiger partial charge in [-0.05, 0) is 54.8 Å². The number of nitrogens with zero attached hydrogens (tertiary/aromatic N) is 3. The molecule has 2 aromatic carbocycles. The van der Waals surface area contributed by atoms with Gasteiger partial charge in [-0.15, -0.1) is 0 Å². The molecule has 33 heavy (non-hydrogen) atoms. The number of carbonyl (C=O) groups excluding carboxylic acids is 3. The lowest BCUT2D eigenvalue weighted by atomic mass is 10.0. The highest BCUT2D eigenvalue weighted by molar-refractivity contribution is 6.30. The number of halogens is 2. The van der Waals surface area contributed by atoms with Crippen molar-refractivity contribution in [2.45, 2.75) is 18.9 Å². The molecule has 2 heterocycles. The minimum atomic E-state index is -0.854. The first-order chi connectivity index (χ1) is 15.9. The van der Waals surface area contributed by atoms with Crippen LogP contribution in [0.4, 0.5) is 20.6 Å². The number of carbonyl (C=O) groups is 3. The summed E-state index contributed by atoms with van der Waals surface area (Å²) in [4.78, 5) is 38.3. The van der Waals surface area contributed by atoms with Crippen LogP contribution in [0.15, 0.2) is 60.9 Å². The van der Waals surface area contributed by atoms with Crippen LogP contribution >= 0.6 is 11.6 Å². The molecule has 1 aromatic heterocycles. The quantitative estimate of drug-likeness (QED) is 0.531. The summed E-state index contributed by atoms with van der Waals surface area (Å²) < 4.78 is 16.2. The van der Waals surface area contributed by atoms with E-state index in [9.17, 15) is 18.8 Å². The molecule has 3 aromatic rings. The van der Waals surface area contributed by atoms with Crippen molar-refractivity contribution in [1.29, 1.82) is 0 Å². The summed E-state index contributed by atoms with van der Waals surface area (Å²) in [6, 6.07) is 11.3. The number of nitrogens with one attached hydrogen (secondary N) is 2. The maximum atomic E-state index is 14.7. The van der Waals surface area contributed by atoms with Crippen LogP contribution in [0.3, 0.4) is 0 Å². The lowest BCUT2D eigenvalue weighted by Gasteiger charge is -2.24. The van der Waals surface area contributed by atoms with E-state index < -0.39 is 23.8 Å². The Bertz CT molecular complexity index is 1150. The summed E-state index contributed by atoms with van der Waals surface area (Å²) in [5.74, 6) is -1.32. The van der Waals surface area contributed by atoms with Crippen LogP contribution in [0.1, 0.15) is 12.8 Å². The summed E-state index contributed by atoms with van der Waals surface area (Å²) in [5, 5.41) is 9.88. The molecule has 0 bridgehead atoms. The molecule has 0 unspecified atom stereocenters. The third kappa shape index (κ3) is 5.20. The predicted octanol–water partition coefficient (Wildman–Crippen LogP) is 4.11. The minimum Gasteiger partial charge on any atom is -0.322 e. The van der Waals surface area contributed by atoms with Gasteiger partial charge in [0.05, 0.1) is 11.4 Å². The maximum absolute atomic E-state index is 14.7. The minimum absolute atomic E-state index is 0.00666. The highest BCUT2D eigenvalue weighted by Crippen LogP contribution is 2.28. The van der Waals surface area contributed by atoms with E-state index in [0.717, 1.165) is 6.29 Å². The van der Waals surface area contributed by atoms with E-state index in [2.05, 4.69) is 15.7 Å². The third-order valence-electron chi connectivity index (χ3n) is 5.46. The zero-order chi connectivity index (χ0) is 23.4. The molecule has 3 amide bonds. The predicted molar refractivity (Wildman–Crippen MR) is 122 cm³/mol. The van der Waals surface area contributed by atoms with Crippen LogP contribution in [-0.4, -0.2) is 45.5 Å². The number of aldehydes is 1. The maximum Gasteiger partial charge on any atom is 0.322 e. The Morgan fingerprint density at radius 2 is 1.97 bits per heavy atom. The first kappa shape index (κ1) is 22.5. The molecule has 1 aliphatic rings. The molecule has 8 nitrogen and oxygen atoms in total. The average molecular weight is 470 g/mol. The van der Waals surface area contributed by atoms with Gasteiger partial charge in [0.1, 0.15) is 18.1 Å². The summed E-state index contributed by atoms with van der Waals surface area (Å²) >= 11 is 5.88. The molecule has 2 atom stereocenters. The van der Waals surface area contributed by atoms with Gasteiger partial charge in [-0.3, -0.25) is 4.79 Å². The number of likely N-dealkylation sites (tertiary alicyclic amines) is 1. The van der Waals surface area contributed by atoms with E-state index in [-0.39, 0.29) is 24.6 Å². The van der Waals surface area contributed by atoms with Crippen molar-refractivity contribution in [3.8, 4) is 5.69 Å². The average Bonchev–Trinajstić information content (AvgIpc) is 3.47. The fourth-order valence-corrected chi connectivity index (χ4v) is 3.94. The Balaban J connectivity index is 1.49. The van der Waals surface area contributed by atoms with Gasteiger partial charge in [-0.1, -0.05) is 11.6 Å². The molecular weight excluding hydrogens is 449 g/mol. The molecule has 0 aliphatic carbocycles. The molecule has 1 aliphatic heterocycles. The van der Waals surface area contributed by atoms with Crippen LogP contribution in [0.2, 0.25) is 5.02 Å². The summed E-state index contributed by atoms with van der Waals surface area (Å²) in [6.07, 6.45) is 4.55. The van der Waals surface area contributed by atoms with Crippen molar-refractivity contribution in [3.05, 3.63) is 71.8 Å². The van der Waals surface area contributed by atoms with Crippen LogP contribution in [0.5, 0.6) is 0 Å². The number of aromatic nitrogens is 2. The lowest BCUT2D eigenvalue weighted by Crippen LogP contribution is -2.45. The fourth-order valence-electron chi connectivity index (χ4n) is 3.82. The highest BCUT2D eigenvalue weighted by Gasteiger charge is 2.39. The van der Waals surface area contributed by atoms with E-state index in [1.165, 1.54) is 21.7 Å². The SMILES string of the molecule is O=CC[C@@H]1C[C@H](C(=O)Nc2ccc(-n3cccn3)cc2F)N(C(=O)Nc2ccc(Cl)cc2)C1. The van der Waals surface area contributed by atoms with Crippen LogP contribution in [0.25, 0.3) is 5.69 Å². The molecule has 0 spiro atoms. The Kier molecular flexibility index (Phi) is 6.69. The highest BCUT2D eigenvalue weighted by atomic mass is 35.5. The zero-order valence-electron chi connectivity index (χ0n) is 17.4. The fraction of sp³-hybridized carbons (Fsp3) is 0.217. The second-order valence-electron chi connectivity index (χ2n) is 7.71. The molecule has 1 saturated heterocycles. The largest absolute Gasteiger partial charge is 0.322 e. The first-order valence-electron chi connectivity index (χ1n) is 10.3. The van der Waals surface area contributed by atoms with E-state index in [4.69, 9.17) is 11.6 Å². The molecule has 4 rings (SSSR count). The normalized spacial score (nSPS) is 17.6. The Morgan fingerprint density at radius 1 is 1.18 bits per heavy atom. The molecule has 170 valence electrons. The van der Waals surface area contributed by atoms with E-state index >= 15 is 0 Å². The van der Waals surface area contributed by atoms with Gasteiger partial charge in [0.15, 0.2) is 0 Å². The summed E-state index contributed by atoms with van der Waals surface area (Å²) in [5.41, 5.74) is 1.02. The molecule has 2 N–H and O–H groups in total. The Labute approximate surface area is 194 Å². The molecule has 1 fully saturated rings. The van der Waals surface area contributed by atoms with Gasteiger partial charge in [0.2, 0.25) is 5.91 Å². The molecule has 0 radical (unpaired) electrons. The number of urea groups is 1. The van der Waals surface area contributed by atoms with Gasteiger partial charge in [-0.25, -0.2) is 13.9 Å². The van der Waals surface area contributed by atoms with E-state index in [1.807, 2.05) is 0 Å². The smallest absolute Gasteiger partial charge is 0.322 e. The molecule has 10 heteroatoms. The topological polar surface area (TPSA) is 96.3 Å². The van der Waals surface area contributed by atoms with Crippen LogP contribution in [0, 0.1) is 11.7 Å². The molecular formula is C23H21ClFN5O3. The third-order valence-corrected chi connectivity index (χ3v) is 5.71. The van der Waals surface area contributed by atoms with Crippen molar-refractivity contribution in [2.75, 3.05) is 17.2 Å². The van der Waals surface area contributed by atoms with E-state index in [1.54, 1.807) is 48.8 Å². The van der Waals surface area contributed by atoms with E-state index in [0.29, 0.717) is 22.8 Å². The number of hydrogen-bond donors (Lipinski definition) is 2. The second kappa shape index (κ2) is 9.83. The lowest BCUT2D eigenvalue weighted by molar-refractivity contribution is -0.119. The van der Waals surface area contributed by atoms with Gasteiger partial charge in [0.25, 0.3) is 0 Å². The summed E-state index contributed by atoms with van der Waals surface area (Å²) in [6.45, 7) is 0.233.